The summed E-state index contributed by atoms with van der Waals surface area (Å²) >= 11 is 5.05. The Morgan fingerprint density at radius 2 is 1.00 bits per heavy atom. The molecular formula is C20H32HgN6O10S2. The summed E-state index contributed by atoms with van der Waals surface area (Å²) in [6, 6.07) is -4.67. The average Bonchev–Trinajstić information content (AvgIpc) is 2.88. The summed E-state index contributed by atoms with van der Waals surface area (Å²) in [7, 11) is 0. The Kier molecular flexibility index (Phi) is 18.6. The molecule has 0 aliphatic rings. The van der Waals surface area contributed by atoms with Crippen LogP contribution in [-0.4, -0.2) is 101 Å². The van der Waals surface area contributed by atoms with Gasteiger partial charge in [-0.1, -0.05) is 0 Å². The van der Waals surface area contributed by atoms with Gasteiger partial charge in [-0.05, 0) is 0 Å². The van der Waals surface area contributed by atoms with Crippen molar-refractivity contribution in [3.63, 3.8) is 0 Å². The molecule has 0 aromatic rings. The SMILES string of the molecule is N[C@@H](CCC(=O)N[C@@H](CS)C(=O)NC[C](=O)[Hg][C](=O)CNC(=O)[C@H](CS)NC(=O)CC[C@H](N)C(=O)O)C(=O)O. The van der Waals surface area contributed by atoms with Gasteiger partial charge in [-0.15, -0.1) is 0 Å². The minimum absolute atomic E-state index is 0.110. The Labute approximate surface area is 246 Å². The normalized spacial score (nSPS) is 13.4. The third-order valence-corrected chi connectivity index (χ3v) is 10.7. The number of carboxylic acid groups (broad SMARTS) is 2. The van der Waals surface area contributed by atoms with E-state index >= 15 is 0 Å². The van der Waals surface area contributed by atoms with Crippen molar-refractivity contribution in [2.24, 2.45) is 11.5 Å². The second-order valence-corrected chi connectivity index (χ2v) is 16.5. The quantitative estimate of drug-likeness (QED) is 0.0414. The van der Waals surface area contributed by atoms with Gasteiger partial charge >= 0.3 is 248 Å². The Hall–Kier alpha value is -2.28. The number of hydrogen-bond donors (Lipinski definition) is 10. The molecule has 0 unspecified atom stereocenters. The molecule has 0 spiro atoms. The summed E-state index contributed by atoms with van der Waals surface area (Å²) in [6.45, 7) is -0.893. The molecule has 0 heterocycles. The molecule has 0 bridgehead atoms. The van der Waals surface area contributed by atoms with Gasteiger partial charge in [0.25, 0.3) is 0 Å². The second kappa shape index (κ2) is 19.7. The second-order valence-electron chi connectivity index (χ2n) is 8.26. The van der Waals surface area contributed by atoms with Crippen LogP contribution in [0.25, 0.3) is 0 Å². The molecule has 216 valence electrons. The standard InChI is InChI=1S/2C10H16N3O5S.Hg/c2*11-6(10(17)18)1-2-8(15)13-7(5-19)9(16)12-3-4-14;/h2*6-7,19H,1-3,5,11H2,(H,12,16)(H,13,15)(H,17,18);/t2*6-,7-;/m00./s1. The summed E-state index contributed by atoms with van der Waals surface area (Å²) in [6.07, 6.45) is -0.761. The van der Waals surface area contributed by atoms with E-state index in [1.54, 1.807) is 0 Å². The Bertz CT molecular complexity index is 869. The van der Waals surface area contributed by atoms with Crippen LogP contribution >= 0.6 is 25.3 Å². The van der Waals surface area contributed by atoms with Gasteiger partial charge < -0.3 is 0 Å². The van der Waals surface area contributed by atoms with Crippen molar-refractivity contribution in [3.8, 4) is 0 Å². The van der Waals surface area contributed by atoms with Crippen LogP contribution in [-0.2, 0) is 62.9 Å². The predicted molar refractivity (Wildman–Crippen MR) is 137 cm³/mol. The predicted octanol–water partition coefficient (Wildman–Crippen LogP) is -4.43. The molecule has 4 amide bonds. The molecule has 0 fully saturated rings. The number of nitrogens with two attached hydrogens (primary N) is 2. The molecular weight excluding hydrogens is 749 g/mol. The van der Waals surface area contributed by atoms with Crippen LogP contribution in [0.5, 0.6) is 0 Å². The Balaban J connectivity index is 4.49. The zero-order valence-electron chi connectivity index (χ0n) is 20.9. The monoisotopic (exact) mass is 782 g/mol. The molecule has 0 radical (unpaired) electrons. The van der Waals surface area contributed by atoms with Crippen molar-refractivity contribution in [3.05, 3.63) is 0 Å². The number of nitrogens with one attached hydrogen (secondary N) is 4. The molecule has 0 aliphatic heterocycles. The number of carbonyl (C=O) groups excluding carboxylic acids is 6. The molecule has 39 heavy (non-hydrogen) atoms. The summed E-state index contributed by atoms with van der Waals surface area (Å²) in [4.78, 5) is 94.0. The van der Waals surface area contributed by atoms with Crippen LogP contribution in [0, 0.1) is 0 Å². The Morgan fingerprint density at radius 1 is 0.667 bits per heavy atom. The molecule has 0 saturated carbocycles. The molecule has 0 aromatic heterocycles. The van der Waals surface area contributed by atoms with Gasteiger partial charge in [-0.2, -0.15) is 0 Å². The van der Waals surface area contributed by atoms with Crippen molar-refractivity contribution >= 4 is 67.4 Å². The van der Waals surface area contributed by atoms with Crippen LogP contribution < -0.4 is 32.7 Å². The molecule has 0 rings (SSSR count). The van der Waals surface area contributed by atoms with E-state index in [-0.39, 0.29) is 37.2 Å². The summed E-state index contributed by atoms with van der Waals surface area (Å²) in [5.41, 5.74) is 10.6. The third kappa shape index (κ3) is 16.4. The van der Waals surface area contributed by atoms with Crippen molar-refractivity contribution in [2.45, 2.75) is 49.9 Å². The van der Waals surface area contributed by atoms with Gasteiger partial charge in [-0.25, -0.2) is 0 Å². The van der Waals surface area contributed by atoms with E-state index < -0.39 is 104 Å². The first-order chi connectivity index (χ1) is 18.2. The summed E-state index contributed by atoms with van der Waals surface area (Å²) in [5.74, 6) is -5.46. The minimum atomic E-state index is -2.89. The van der Waals surface area contributed by atoms with Crippen molar-refractivity contribution < 1.29 is 73.1 Å². The van der Waals surface area contributed by atoms with Crippen LogP contribution in [0.2, 0.25) is 0 Å². The van der Waals surface area contributed by atoms with Crippen LogP contribution in [0.15, 0.2) is 0 Å². The molecule has 19 heteroatoms. The number of carboxylic acids is 2. The average molecular weight is 781 g/mol. The van der Waals surface area contributed by atoms with E-state index in [9.17, 15) is 38.4 Å². The number of rotatable bonds is 20. The number of hydrogen-bond acceptors (Lipinski definition) is 12. The molecule has 4 atom stereocenters. The maximum absolute atomic E-state index is 12.2. The van der Waals surface area contributed by atoms with E-state index in [0.717, 1.165) is 0 Å². The third-order valence-electron chi connectivity index (χ3n) is 4.98. The van der Waals surface area contributed by atoms with E-state index in [2.05, 4.69) is 46.5 Å². The first kappa shape index (κ1) is 36.7. The van der Waals surface area contributed by atoms with Gasteiger partial charge in [0.1, 0.15) is 0 Å². The maximum atomic E-state index is 12.2. The van der Waals surface area contributed by atoms with Crippen LogP contribution in [0.1, 0.15) is 25.7 Å². The fourth-order valence-corrected chi connectivity index (χ4v) is 6.87. The molecule has 16 nitrogen and oxygen atoms in total. The van der Waals surface area contributed by atoms with E-state index in [0.29, 0.717) is 0 Å². The van der Waals surface area contributed by atoms with Gasteiger partial charge in [0.2, 0.25) is 0 Å². The van der Waals surface area contributed by atoms with Crippen molar-refractivity contribution in [1.29, 1.82) is 0 Å². The van der Waals surface area contributed by atoms with Gasteiger partial charge in [-0.3, -0.25) is 0 Å². The fraction of sp³-hybridized carbons (Fsp3) is 0.600. The summed E-state index contributed by atoms with van der Waals surface area (Å²) < 4.78 is -0.929. The van der Waals surface area contributed by atoms with E-state index in [1.165, 1.54) is 0 Å². The Morgan fingerprint density at radius 3 is 1.28 bits per heavy atom. The van der Waals surface area contributed by atoms with Gasteiger partial charge in [0.15, 0.2) is 0 Å². The first-order valence-corrected chi connectivity index (χ1v) is 18.3. The fourth-order valence-electron chi connectivity index (χ4n) is 2.70. The van der Waals surface area contributed by atoms with Crippen LogP contribution in [0.4, 0.5) is 0 Å². The van der Waals surface area contributed by atoms with E-state index in [1.807, 2.05) is 0 Å². The number of amides is 4. The van der Waals surface area contributed by atoms with E-state index in [4.69, 9.17) is 21.7 Å². The molecule has 10 N–H and O–H groups in total. The topological polar surface area (TPSA) is 277 Å². The number of thiol groups is 2. The first-order valence-electron chi connectivity index (χ1n) is 11.6. The van der Waals surface area contributed by atoms with Crippen LogP contribution in [0.3, 0.4) is 0 Å². The molecule has 0 aliphatic carbocycles. The van der Waals surface area contributed by atoms with Crippen molar-refractivity contribution in [1.82, 2.24) is 21.3 Å². The zero-order chi connectivity index (χ0) is 30.1. The molecule has 0 saturated heterocycles. The summed E-state index contributed by atoms with van der Waals surface area (Å²) in [5, 5.41) is 26.8. The molecule has 0 aromatic carbocycles. The number of aliphatic carboxylic acids is 2. The van der Waals surface area contributed by atoms with Gasteiger partial charge in [0, 0.05) is 0 Å². The van der Waals surface area contributed by atoms with Crippen molar-refractivity contribution in [2.75, 3.05) is 24.6 Å². The number of carbonyl (C=O) groups is 8. The van der Waals surface area contributed by atoms with Gasteiger partial charge in [0.05, 0.1) is 0 Å². The zero-order valence-corrected chi connectivity index (χ0v) is 28.2.